The summed E-state index contributed by atoms with van der Waals surface area (Å²) in [7, 11) is -4.61. The molecule has 100 valence electrons. The van der Waals surface area contributed by atoms with Gasteiger partial charge in [-0.3, -0.25) is 0 Å². The second kappa shape index (κ2) is 6.98. The lowest BCUT2D eigenvalue weighted by molar-refractivity contribution is 0.117. The van der Waals surface area contributed by atoms with E-state index < -0.39 is 9.05 Å². The fourth-order valence-corrected chi connectivity index (χ4v) is 1.45. The molecule has 0 radical (unpaired) electrons. The van der Waals surface area contributed by atoms with Crippen LogP contribution >= 0.6 is 0 Å². The van der Waals surface area contributed by atoms with Gasteiger partial charge in [-0.05, 0) is 16.7 Å². The van der Waals surface area contributed by atoms with Gasteiger partial charge in [-0.25, -0.2) is 0 Å². The Hall–Kier alpha value is -1.76. The normalized spacial score (nSPS) is 10.3. The molecule has 0 heterocycles. The molecule has 0 unspecified atom stereocenters. The highest BCUT2D eigenvalue weighted by atomic mass is 28.4. The Morgan fingerprint density at radius 3 is 1.21 bits per heavy atom. The predicted molar refractivity (Wildman–Crippen MR) is 75.6 cm³/mol. The first-order valence-corrected chi connectivity index (χ1v) is 7.36. The van der Waals surface area contributed by atoms with Crippen LogP contribution in [0, 0.1) is 0 Å². The zero-order valence-electron chi connectivity index (χ0n) is 10.3. The SMILES string of the molecule is C=C(c1ccccc1)c1ccccc1.O[Si](O)(O)O. The van der Waals surface area contributed by atoms with Gasteiger partial charge in [0.2, 0.25) is 0 Å². The third kappa shape index (κ3) is 6.66. The molecule has 0 amide bonds. The molecule has 4 N–H and O–H groups in total. The third-order valence-electron chi connectivity index (χ3n) is 2.24. The van der Waals surface area contributed by atoms with Crippen molar-refractivity contribution in [2.75, 3.05) is 0 Å². The van der Waals surface area contributed by atoms with Crippen LogP contribution in [0.1, 0.15) is 11.1 Å². The molecule has 0 fully saturated rings. The standard InChI is InChI=1S/C14H12.H4O4Si/c1-12(13-8-4-2-5-9-13)14-10-6-3-7-11-14;1-5(2,3)4/h2-11H,1H2;1-4H. The van der Waals surface area contributed by atoms with Crippen molar-refractivity contribution in [3.05, 3.63) is 78.4 Å². The Bertz CT molecular complexity index is 458. The van der Waals surface area contributed by atoms with Crippen LogP contribution < -0.4 is 0 Å². The van der Waals surface area contributed by atoms with E-state index in [1.807, 2.05) is 36.4 Å². The van der Waals surface area contributed by atoms with Crippen LogP contribution in [-0.2, 0) is 0 Å². The smallest absolute Gasteiger partial charge is 0.368 e. The minimum absolute atomic E-state index is 1.08. The van der Waals surface area contributed by atoms with E-state index in [4.69, 9.17) is 19.2 Å². The summed E-state index contributed by atoms with van der Waals surface area (Å²) in [5, 5.41) is 0. The molecule has 0 aliphatic heterocycles. The quantitative estimate of drug-likeness (QED) is 0.620. The van der Waals surface area contributed by atoms with Crippen LogP contribution in [0.25, 0.3) is 5.57 Å². The maximum absolute atomic E-state index is 7.33. The predicted octanol–water partition coefficient (Wildman–Crippen LogP) is 1.14. The van der Waals surface area contributed by atoms with E-state index >= 15 is 0 Å². The van der Waals surface area contributed by atoms with Crippen molar-refractivity contribution in [3.8, 4) is 0 Å². The molecule has 19 heavy (non-hydrogen) atoms. The molecule has 0 aliphatic carbocycles. The van der Waals surface area contributed by atoms with Crippen LogP contribution in [-0.4, -0.2) is 28.2 Å². The number of rotatable bonds is 2. The highest BCUT2D eigenvalue weighted by Crippen LogP contribution is 2.20. The topological polar surface area (TPSA) is 80.9 Å². The van der Waals surface area contributed by atoms with Gasteiger partial charge in [0.15, 0.2) is 0 Å². The molecule has 0 saturated heterocycles. The van der Waals surface area contributed by atoms with Gasteiger partial charge in [0.05, 0.1) is 0 Å². The maximum Gasteiger partial charge on any atom is 0.668 e. The van der Waals surface area contributed by atoms with Crippen molar-refractivity contribution < 1.29 is 19.2 Å². The van der Waals surface area contributed by atoms with Crippen molar-refractivity contribution in [2.24, 2.45) is 0 Å². The second-order valence-corrected chi connectivity index (χ2v) is 5.01. The van der Waals surface area contributed by atoms with Gasteiger partial charge in [0.1, 0.15) is 0 Å². The Morgan fingerprint density at radius 1 is 0.684 bits per heavy atom. The lowest BCUT2D eigenvalue weighted by Crippen LogP contribution is -2.33. The number of hydrogen-bond acceptors (Lipinski definition) is 4. The number of hydrogen-bond donors (Lipinski definition) is 4. The van der Waals surface area contributed by atoms with Crippen LogP contribution in [0.2, 0.25) is 0 Å². The van der Waals surface area contributed by atoms with Crippen molar-refractivity contribution in [1.29, 1.82) is 0 Å². The third-order valence-corrected chi connectivity index (χ3v) is 2.24. The Kier molecular flexibility index (Phi) is 5.62. The molecule has 2 aromatic rings. The van der Waals surface area contributed by atoms with Gasteiger partial charge in [-0.15, -0.1) is 0 Å². The average molecular weight is 276 g/mol. The van der Waals surface area contributed by atoms with E-state index in [0.717, 1.165) is 5.57 Å². The molecule has 5 heteroatoms. The summed E-state index contributed by atoms with van der Waals surface area (Å²) >= 11 is 0. The van der Waals surface area contributed by atoms with Crippen LogP contribution in [0.3, 0.4) is 0 Å². The molecule has 0 aromatic heterocycles. The van der Waals surface area contributed by atoms with Crippen molar-refractivity contribution in [2.45, 2.75) is 0 Å². The van der Waals surface area contributed by atoms with Gasteiger partial charge in [0.25, 0.3) is 0 Å². The molecule has 0 aliphatic rings. The van der Waals surface area contributed by atoms with Gasteiger partial charge >= 0.3 is 9.05 Å². The molecule has 0 spiro atoms. The highest BCUT2D eigenvalue weighted by molar-refractivity contribution is 6.46. The molecule has 0 saturated carbocycles. The largest absolute Gasteiger partial charge is 0.668 e. The summed E-state index contributed by atoms with van der Waals surface area (Å²) in [4.78, 5) is 29.3. The van der Waals surface area contributed by atoms with Crippen LogP contribution in [0.15, 0.2) is 67.2 Å². The summed E-state index contributed by atoms with van der Waals surface area (Å²) in [6.07, 6.45) is 0. The van der Waals surface area contributed by atoms with E-state index in [1.165, 1.54) is 11.1 Å². The van der Waals surface area contributed by atoms with Gasteiger partial charge in [0, 0.05) is 0 Å². The van der Waals surface area contributed by atoms with E-state index in [2.05, 4.69) is 30.8 Å². The summed E-state index contributed by atoms with van der Waals surface area (Å²) in [6, 6.07) is 20.5. The maximum atomic E-state index is 7.33. The summed E-state index contributed by atoms with van der Waals surface area (Å²) < 4.78 is 0. The summed E-state index contributed by atoms with van der Waals surface area (Å²) in [6.45, 7) is 4.10. The first-order chi connectivity index (χ1) is 8.88. The molecule has 4 nitrogen and oxygen atoms in total. The Labute approximate surface area is 113 Å². The monoisotopic (exact) mass is 276 g/mol. The lowest BCUT2D eigenvalue weighted by atomic mass is 10.0. The van der Waals surface area contributed by atoms with Gasteiger partial charge in [-0.1, -0.05) is 67.2 Å². The molecule has 2 rings (SSSR count). The van der Waals surface area contributed by atoms with Crippen LogP contribution in [0.5, 0.6) is 0 Å². The Morgan fingerprint density at radius 2 is 0.947 bits per heavy atom. The summed E-state index contributed by atoms with van der Waals surface area (Å²) in [5.74, 6) is 0. The second-order valence-electron chi connectivity index (χ2n) is 3.81. The average Bonchev–Trinajstić information content (AvgIpc) is 2.38. The van der Waals surface area contributed by atoms with Gasteiger partial charge in [-0.2, -0.15) is 0 Å². The van der Waals surface area contributed by atoms with Crippen molar-refractivity contribution in [1.82, 2.24) is 0 Å². The molecule has 2 aromatic carbocycles. The van der Waals surface area contributed by atoms with E-state index in [9.17, 15) is 0 Å². The highest BCUT2D eigenvalue weighted by Gasteiger charge is 2.22. The molecule has 0 atom stereocenters. The van der Waals surface area contributed by atoms with Crippen molar-refractivity contribution in [3.63, 3.8) is 0 Å². The van der Waals surface area contributed by atoms with Crippen LogP contribution in [0.4, 0.5) is 0 Å². The minimum Gasteiger partial charge on any atom is -0.368 e. The fourth-order valence-electron chi connectivity index (χ4n) is 1.45. The first-order valence-electron chi connectivity index (χ1n) is 5.57. The molecule has 0 bridgehead atoms. The van der Waals surface area contributed by atoms with E-state index in [1.54, 1.807) is 0 Å². The van der Waals surface area contributed by atoms with Gasteiger partial charge < -0.3 is 19.2 Å². The molecular formula is C14H16O4Si. The first kappa shape index (κ1) is 15.3. The van der Waals surface area contributed by atoms with E-state index in [0.29, 0.717) is 0 Å². The zero-order chi connectivity index (χ0) is 14.3. The minimum atomic E-state index is -4.61. The number of benzene rings is 2. The summed E-state index contributed by atoms with van der Waals surface area (Å²) in [5.41, 5.74) is 3.43. The van der Waals surface area contributed by atoms with E-state index in [-0.39, 0.29) is 0 Å². The Balaban J connectivity index is 0.000000312. The lowest BCUT2D eigenvalue weighted by Gasteiger charge is -2.04. The van der Waals surface area contributed by atoms with Crippen molar-refractivity contribution >= 4 is 14.6 Å². The fraction of sp³-hybridized carbons (Fsp3) is 0. The zero-order valence-corrected chi connectivity index (χ0v) is 11.3. The molecular weight excluding hydrogens is 260 g/mol.